The lowest BCUT2D eigenvalue weighted by Gasteiger charge is -2.24. The minimum absolute atomic E-state index is 0.0411. The van der Waals surface area contributed by atoms with E-state index < -0.39 is 23.3 Å². The van der Waals surface area contributed by atoms with E-state index in [1.807, 2.05) is 6.92 Å². The number of fused-ring (bicyclic) bond motifs is 1. The van der Waals surface area contributed by atoms with Gasteiger partial charge in [0.05, 0.1) is 11.5 Å². The molecule has 4 N–H and O–H groups in total. The number of hydrogen-bond acceptors (Lipinski definition) is 5. The predicted octanol–water partition coefficient (Wildman–Crippen LogP) is 4.19. The average Bonchev–Trinajstić information content (AvgIpc) is 2.71. The number of aromatic nitrogens is 2. The van der Waals surface area contributed by atoms with Gasteiger partial charge in [-0.15, -0.1) is 0 Å². The number of H-pyrrole nitrogens is 1. The Morgan fingerprint density at radius 1 is 1.10 bits per heavy atom. The van der Waals surface area contributed by atoms with Gasteiger partial charge >= 0.3 is 0 Å². The number of nitrogens with one attached hydrogen (secondary N) is 4. The van der Waals surface area contributed by atoms with Crippen molar-refractivity contribution in [1.82, 2.24) is 9.97 Å². The summed E-state index contributed by atoms with van der Waals surface area (Å²) in [5.74, 6) is -1.74. The molecular weight excluding hydrogens is 441 g/mol. The number of aryl methyl sites for hydroxylation is 1. The Kier molecular flexibility index (Phi) is 5.67. The number of benzene rings is 2. The summed E-state index contributed by atoms with van der Waals surface area (Å²) in [7, 11) is 0. The average molecular weight is 458 g/mol. The molecule has 4 rings (SSSR count). The van der Waals surface area contributed by atoms with E-state index in [0.29, 0.717) is 21.4 Å². The van der Waals surface area contributed by atoms with Crippen LogP contribution in [0.2, 0.25) is 10.0 Å². The van der Waals surface area contributed by atoms with Gasteiger partial charge in [0, 0.05) is 27.8 Å². The van der Waals surface area contributed by atoms with Gasteiger partial charge in [0.15, 0.2) is 0 Å². The first-order chi connectivity index (χ1) is 14.8. The van der Waals surface area contributed by atoms with E-state index in [2.05, 4.69) is 25.9 Å². The first-order valence-corrected chi connectivity index (χ1v) is 10.1. The van der Waals surface area contributed by atoms with Crippen LogP contribution in [0, 0.1) is 6.92 Å². The van der Waals surface area contributed by atoms with Gasteiger partial charge in [-0.1, -0.05) is 29.3 Å². The Bertz CT molecular complexity index is 1240. The van der Waals surface area contributed by atoms with Gasteiger partial charge in [-0.2, -0.15) is 4.98 Å². The highest BCUT2D eigenvalue weighted by Crippen LogP contribution is 2.31. The van der Waals surface area contributed by atoms with Gasteiger partial charge in [0.25, 0.3) is 5.56 Å². The van der Waals surface area contributed by atoms with E-state index >= 15 is 0 Å². The van der Waals surface area contributed by atoms with Gasteiger partial charge in [-0.25, -0.2) is 0 Å². The van der Waals surface area contributed by atoms with Gasteiger partial charge in [0.2, 0.25) is 17.8 Å². The number of nitrogens with zero attached hydrogens (tertiary/aromatic N) is 1. The number of carbonyl (C=O) groups is 2. The molecule has 1 unspecified atom stereocenters. The van der Waals surface area contributed by atoms with Crippen LogP contribution in [-0.4, -0.2) is 21.8 Å². The lowest BCUT2D eigenvalue weighted by atomic mass is 9.92. The number of rotatable bonds is 4. The maximum absolute atomic E-state index is 13.0. The van der Waals surface area contributed by atoms with E-state index in [-0.39, 0.29) is 23.8 Å². The van der Waals surface area contributed by atoms with Crippen molar-refractivity contribution in [1.29, 1.82) is 0 Å². The maximum atomic E-state index is 13.0. The standard InChI is InChI=1S/C21H17Cl2N5O3/c1-10-2-3-12(23)8-15(10)25-19(30)14-9-16(29)26-18-17(14)20(31)28-21(27-18)24-13-6-4-11(22)5-7-13/h2-8,14H,9H2,1H3,(H,25,30)(H3,24,26,27,28,29,31). The van der Waals surface area contributed by atoms with Gasteiger partial charge in [-0.3, -0.25) is 19.4 Å². The number of hydrogen-bond donors (Lipinski definition) is 4. The molecule has 31 heavy (non-hydrogen) atoms. The zero-order valence-corrected chi connectivity index (χ0v) is 17.8. The molecule has 0 aliphatic carbocycles. The van der Waals surface area contributed by atoms with Crippen LogP contribution in [0.25, 0.3) is 0 Å². The molecule has 0 fully saturated rings. The molecule has 1 aromatic heterocycles. The minimum atomic E-state index is -0.997. The molecule has 2 aromatic carbocycles. The quantitative estimate of drug-likeness (QED) is 0.468. The Balaban J connectivity index is 1.65. The summed E-state index contributed by atoms with van der Waals surface area (Å²) in [4.78, 5) is 44.9. The van der Waals surface area contributed by atoms with Crippen molar-refractivity contribution in [3.05, 3.63) is 74.0 Å². The second-order valence-corrected chi connectivity index (χ2v) is 7.93. The van der Waals surface area contributed by atoms with Crippen LogP contribution >= 0.6 is 23.2 Å². The summed E-state index contributed by atoms with van der Waals surface area (Å²) in [5.41, 5.74) is 1.52. The van der Waals surface area contributed by atoms with Crippen molar-refractivity contribution < 1.29 is 9.59 Å². The predicted molar refractivity (Wildman–Crippen MR) is 120 cm³/mol. The lowest BCUT2D eigenvalue weighted by molar-refractivity contribution is -0.123. The Morgan fingerprint density at radius 2 is 1.81 bits per heavy atom. The normalized spacial score (nSPS) is 15.1. The summed E-state index contributed by atoms with van der Waals surface area (Å²) < 4.78 is 0. The molecule has 0 bridgehead atoms. The number of anilines is 4. The van der Waals surface area contributed by atoms with Crippen molar-refractivity contribution >= 4 is 58.2 Å². The molecule has 2 heterocycles. The van der Waals surface area contributed by atoms with Crippen LogP contribution in [0.4, 0.5) is 23.1 Å². The second kappa shape index (κ2) is 8.41. The molecule has 1 atom stereocenters. The summed E-state index contributed by atoms with van der Waals surface area (Å²) in [5, 5.41) is 9.29. The molecule has 0 saturated carbocycles. The molecule has 8 nitrogen and oxygen atoms in total. The Labute approximate surface area is 187 Å². The summed E-state index contributed by atoms with van der Waals surface area (Å²) in [6.07, 6.45) is -0.173. The van der Waals surface area contributed by atoms with Crippen LogP contribution in [0.15, 0.2) is 47.3 Å². The largest absolute Gasteiger partial charge is 0.326 e. The first-order valence-electron chi connectivity index (χ1n) is 9.34. The molecule has 158 valence electrons. The molecule has 0 saturated heterocycles. The van der Waals surface area contributed by atoms with Crippen molar-refractivity contribution in [2.24, 2.45) is 0 Å². The highest BCUT2D eigenvalue weighted by Gasteiger charge is 2.35. The van der Waals surface area contributed by atoms with Crippen LogP contribution in [0.3, 0.4) is 0 Å². The SMILES string of the molecule is Cc1ccc(Cl)cc1NC(=O)C1CC(=O)Nc2nc(Nc3ccc(Cl)cc3)[nH]c(=O)c21. The number of halogens is 2. The highest BCUT2D eigenvalue weighted by atomic mass is 35.5. The van der Waals surface area contributed by atoms with Gasteiger partial charge < -0.3 is 16.0 Å². The first kappa shape index (κ1) is 20.9. The molecule has 1 aliphatic rings. The third-order valence-corrected chi connectivity index (χ3v) is 5.32. The molecule has 1 aliphatic heterocycles. The smallest absolute Gasteiger partial charge is 0.258 e. The summed E-state index contributed by atoms with van der Waals surface area (Å²) >= 11 is 11.9. The van der Waals surface area contributed by atoms with Crippen LogP contribution < -0.4 is 21.5 Å². The fraction of sp³-hybridized carbons (Fsp3) is 0.143. The maximum Gasteiger partial charge on any atom is 0.258 e. The van der Waals surface area contributed by atoms with E-state index in [1.165, 1.54) is 0 Å². The molecule has 3 aromatic rings. The van der Waals surface area contributed by atoms with Crippen molar-refractivity contribution in [3.8, 4) is 0 Å². The van der Waals surface area contributed by atoms with Crippen LogP contribution in [0.5, 0.6) is 0 Å². The molecule has 10 heteroatoms. The molecule has 0 radical (unpaired) electrons. The topological polar surface area (TPSA) is 116 Å². The van der Waals surface area contributed by atoms with Crippen LogP contribution in [0.1, 0.15) is 23.5 Å². The second-order valence-electron chi connectivity index (χ2n) is 7.06. The van der Waals surface area contributed by atoms with E-state index in [1.54, 1.807) is 42.5 Å². The monoisotopic (exact) mass is 457 g/mol. The van der Waals surface area contributed by atoms with Crippen molar-refractivity contribution in [3.63, 3.8) is 0 Å². The van der Waals surface area contributed by atoms with Crippen molar-refractivity contribution in [2.45, 2.75) is 19.3 Å². The minimum Gasteiger partial charge on any atom is -0.326 e. The number of amides is 2. The highest BCUT2D eigenvalue weighted by molar-refractivity contribution is 6.31. The fourth-order valence-electron chi connectivity index (χ4n) is 3.27. The van der Waals surface area contributed by atoms with E-state index in [0.717, 1.165) is 5.56 Å². The third kappa shape index (κ3) is 4.55. The Morgan fingerprint density at radius 3 is 2.55 bits per heavy atom. The Hall–Kier alpha value is -3.36. The number of carbonyl (C=O) groups excluding carboxylic acids is 2. The molecular formula is C21H17Cl2N5O3. The van der Waals surface area contributed by atoms with Gasteiger partial charge in [-0.05, 0) is 48.9 Å². The van der Waals surface area contributed by atoms with Crippen molar-refractivity contribution in [2.75, 3.05) is 16.0 Å². The van der Waals surface area contributed by atoms with Crippen LogP contribution in [-0.2, 0) is 9.59 Å². The van der Waals surface area contributed by atoms with Gasteiger partial charge in [0.1, 0.15) is 5.82 Å². The lowest BCUT2D eigenvalue weighted by Crippen LogP contribution is -2.36. The fourth-order valence-corrected chi connectivity index (χ4v) is 3.57. The zero-order valence-electron chi connectivity index (χ0n) is 16.3. The summed E-state index contributed by atoms with van der Waals surface area (Å²) in [6, 6.07) is 11.9. The number of aromatic amines is 1. The molecule has 0 spiro atoms. The molecule has 2 amide bonds. The third-order valence-electron chi connectivity index (χ3n) is 4.83. The van der Waals surface area contributed by atoms with E-state index in [9.17, 15) is 14.4 Å². The summed E-state index contributed by atoms with van der Waals surface area (Å²) in [6.45, 7) is 1.82. The zero-order chi connectivity index (χ0) is 22.1. The van der Waals surface area contributed by atoms with E-state index in [4.69, 9.17) is 23.2 Å².